The molecule has 1 saturated heterocycles. The van der Waals surface area contributed by atoms with E-state index in [0.29, 0.717) is 15.8 Å². The molecule has 1 fully saturated rings. The second kappa shape index (κ2) is 12.9. The van der Waals surface area contributed by atoms with Crippen molar-refractivity contribution in [1.29, 1.82) is 0 Å². The van der Waals surface area contributed by atoms with Gasteiger partial charge in [-0.25, -0.2) is 4.98 Å². The lowest BCUT2D eigenvalue weighted by molar-refractivity contribution is 0.102. The number of methoxy groups -OCH3 is 1. The van der Waals surface area contributed by atoms with Gasteiger partial charge in [0.2, 0.25) is 11.8 Å². The van der Waals surface area contributed by atoms with Crippen LogP contribution < -0.4 is 25.0 Å². The molecular formula is C31H32Cl2N6O3. The maximum absolute atomic E-state index is 13.4. The zero-order valence-electron chi connectivity index (χ0n) is 23.9. The van der Waals surface area contributed by atoms with E-state index in [1.54, 1.807) is 25.3 Å². The standard InChI is InChI=1S/C31H32Cl2N6O3/c1-19-6-5-7-20(2)28(19)36-29(40)23-18-34-31(37-30(23)42-22-9-10-24(32)25(33)17-22)35-21-8-11-26(27(16-21)41-4)39-14-12-38(3)13-15-39/h5-11,16-18H,12-15H2,1-4H3,(H,36,40)(H,34,35,37). The van der Waals surface area contributed by atoms with Gasteiger partial charge in [-0.05, 0) is 56.3 Å². The number of nitrogens with zero attached hydrogens (tertiary/aromatic N) is 4. The van der Waals surface area contributed by atoms with Gasteiger partial charge < -0.3 is 29.9 Å². The molecular weight excluding hydrogens is 575 g/mol. The highest BCUT2D eigenvalue weighted by molar-refractivity contribution is 6.42. The maximum Gasteiger partial charge on any atom is 0.262 e. The maximum atomic E-state index is 13.4. The van der Waals surface area contributed by atoms with Gasteiger partial charge in [0.25, 0.3) is 5.91 Å². The largest absolute Gasteiger partial charge is 0.495 e. The Morgan fingerprint density at radius 1 is 0.952 bits per heavy atom. The minimum absolute atomic E-state index is 0.0515. The molecule has 0 aliphatic carbocycles. The Hall–Kier alpha value is -4.05. The van der Waals surface area contributed by atoms with Crippen LogP contribution in [-0.4, -0.2) is 61.1 Å². The van der Waals surface area contributed by atoms with Gasteiger partial charge in [0.15, 0.2) is 0 Å². The summed E-state index contributed by atoms with van der Waals surface area (Å²) >= 11 is 12.3. The number of likely N-dealkylation sites (N-methyl/N-ethyl adjacent to an activating group) is 1. The Balaban J connectivity index is 1.44. The summed E-state index contributed by atoms with van der Waals surface area (Å²) in [6.07, 6.45) is 1.43. The number of carbonyl (C=O) groups excluding carboxylic acids is 1. The zero-order valence-corrected chi connectivity index (χ0v) is 25.4. The van der Waals surface area contributed by atoms with Gasteiger partial charge in [-0.15, -0.1) is 0 Å². The van der Waals surface area contributed by atoms with E-state index in [9.17, 15) is 4.79 Å². The fourth-order valence-corrected chi connectivity index (χ4v) is 4.99. The fourth-order valence-electron chi connectivity index (χ4n) is 4.70. The van der Waals surface area contributed by atoms with Crippen LogP contribution in [0.1, 0.15) is 21.5 Å². The van der Waals surface area contributed by atoms with Crippen molar-refractivity contribution in [3.8, 4) is 17.4 Å². The predicted octanol–water partition coefficient (Wildman–Crippen LogP) is 6.95. The molecule has 9 nitrogen and oxygen atoms in total. The summed E-state index contributed by atoms with van der Waals surface area (Å²) in [6.45, 7) is 7.68. The van der Waals surface area contributed by atoms with Crippen LogP contribution in [0.15, 0.2) is 60.8 Å². The Kier molecular flexibility index (Phi) is 9.01. The summed E-state index contributed by atoms with van der Waals surface area (Å²) < 4.78 is 11.8. The number of hydrogen-bond acceptors (Lipinski definition) is 8. The molecule has 0 radical (unpaired) electrons. The lowest BCUT2D eigenvalue weighted by Gasteiger charge is -2.34. The third kappa shape index (κ3) is 6.70. The molecule has 0 bridgehead atoms. The minimum Gasteiger partial charge on any atom is -0.495 e. The SMILES string of the molecule is COc1cc(Nc2ncc(C(=O)Nc3c(C)cccc3C)c(Oc3ccc(Cl)c(Cl)c3)n2)ccc1N1CCN(C)CC1. The van der Waals surface area contributed by atoms with Crippen LogP contribution >= 0.6 is 23.2 Å². The van der Waals surface area contributed by atoms with Crippen molar-refractivity contribution < 1.29 is 14.3 Å². The molecule has 1 aliphatic heterocycles. The summed E-state index contributed by atoms with van der Waals surface area (Å²) in [7, 11) is 3.78. The van der Waals surface area contributed by atoms with Crippen molar-refractivity contribution in [2.45, 2.75) is 13.8 Å². The van der Waals surface area contributed by atoms with E-state index in [-0.39, 0.29) is 17.4 Å². The number of benzene rings is 3. The summed E-state index contributed by atoms with van der Waals surface area (Å²) in [6, 6.07) is 16.5. The topological polar surface area (TPSA) is 91.8 Å². The van der Waals surface area contributed by atoms with E-state index in [2.05, 4.69) is 37.4 Å². The van der Waals surface area contributed by atoms with E-state index in [1.807, 2.05) is 50.2 Å². The number of hydrogen-bond donors (Lipinski definition) is 2. The van der Waals surface area contributed by atoms with Crippen molar-refractivity contribution in [1.82, 2.24) is 14.9 Å². The van der Waals surface area contributed by atoms with Crippen molar-refractivity contribution >= 4 is 52.1 Å². The van der Waals surface area contributed by atoms with Crippen molar-refractivity contribution in [3.05, 3.63) is 87.5 Å². The third-order valence-corrected chi connectivity index (χ3v) is 7.84. The van der Waals surface area contributed by atoms with E-state index in [1.165, 1.54) is 6.20 Å². The normalized spacial score (nSPS) is 13.5. The highest BCUT2D eigenvalue weighted by Gasteiger charge is 2.21. The summed E-state index contributed by atoms with van der Waals surface area (Å²) in [5.74, 6) is 0.987. The quantitative estimate of drug-likeness (QED) is 0.223. The van der Waals surface area contributed by atoms with E-state index >= 15 is 0 Å². The Morgan fingerprint density at radius 3 is 2.38 bits per heavy atom. The number of carbonyl (C=O) groups is 1. The molecule has 0 unspecified atom stereocenters. The number of para-hydroxylation sites is 1. The third-order valence-electron chi connectivity index (χ3n) is 7.10. The summed E-state index contributed by atoms with van der Waals surface area (Å²) in [5.41, 5.74) is 4.49. The van der Waals surface area contributed by atoms with Crippen LogP contribution in [0.25, 0.3) is 0 Å². The zero-order chi connectivity index (χ0) is 29.8. The first kappa shape index (κ1) is 29.4. The van der Waals surface area contributed by atoms with Crippen LogP contribution in [0.2, 0.25) is 10.0 Å². The molecule has 2 heterocycles. The van der Waals surface area contributed by atoms with Crippen molar-refractivity contribution in [2.75, 3.05) is 55.9 Å². The average Bonchev–Trinajstić information content (AvgIpc) is 2.97. The molecule has 42 heavy (non-hydrogen) atoms. The molecule has 5 rings (SSSR count). The van der Waals surface area contributed by atoms with Crippen LogP contribution in [0.3, 0.4) is 0 Å². The van der Waals surface area contributed by atoms with Gasteiger partial charge in [0, 0.05) is 55.9 Å². The molecule has 0 spiro atoms. The first-order valence-electron chi connectivity index (χ1n) is 13.5. The first-order chi connectivity index (χ1) is 20.2. The highest BCUT2D eigenvalue weighted by Crippen LogP contribution is 2.34. The number of halogens is 2. The molecule has 1 aliphatic rings. The van der Waals surface area contributed by atoms with E-state index in [4.69, 9.17) is 32.7 Å². The molecule has 0 atom stereocenters. The Morgan fingerprint density at radius 2 is 1.69 bits per heavy atom. The average molecular weight is 608 g/mol. The molecule has 0 saturated carbocycles. The van der Waals surface area contributed by atoms with Crippen molar-refractivity contribution in [3.63, 3.8) is 0 Å². The van der Waals surface area contributed by atoms with Crippen LogP contribution in [-0.2, 0) is 0 Å². The monoisotopic (exact) mass is 606 g/mol. The van der Waals surface area contributed by atoms with Crippen molar-refractivity contribution in [2.24, 2.45) is 0 Å². The molecule has 4 aromatic rings. The van der Waals surface area contributed by atoms with Gasteiger partial charge in [0.1, 0.15) is 17.1 Å². The van der Waals surface area contributed by atoms with Crippen LogP contribution in [0, 0.1) is 13.8 Å². The number of rotatable bonds is 8. The molecule has 11 heteroatoms. The Bertz CT molecular complexity index is 1590. The second-order valence-corrected chi connectivity index (χ2v) is 10.9. The lowest BCUT2D eigenvalue weighted by Crippen LogP contribution is -2.44. The second-order valence-electron chi connectivity index (χ2n) is 10.1. The van der Waals surface area contributed by atoms with E-state index < -0.39 is 5.91 Å². The number of nitrogens with one attached hydrogen (secondary N) is 2. The van der Waals surface area contributed by atoms with E-state index in [0.717, 1.165) is 60.1 Å². The fraction of sp³-hybridized carbons (Fsp3) is 0.258. The van der Waals surface area contributed by atoms with Crippen LogP contribution in [0.5, 0.6) is 17.4 Å². The molecule has 3 aromatic carbocycles. The lowest BCUT2D eigenvalue weighted by atomic mass is 10.1. The summed E-state index contributed by atoms with van der Waals surface area (Å²) in [5, 5.41) is 6.88. The first-order valence-corrected chi connectivity index (χ1v) is 14.2. The van der Waals surface area contributed by atoms with Gasteiger partial charge in [0.05, 0.1) is 22.8 Å². The summed E-state index contributed by atoms with van der Waals surface area (Å²) in [4.78, 5) is 27.1. The number of ether oxygens (including phenoxy) is 2. The van der Waals surface area contributed by atoms with Gasteiger partial charge in [-0.3, -0.25) is 4.79 Å². The predicted molar refractivity (Wildman–Crippen MR) is 168 cm³/mol. The Labute approximate surface area is 255 Å². The number of amides is 1. The minimum atomic E-state index is -0.410. The molecule has 2 N–H and O–H groups in total. The molecule has 1 amide bonds. The highest BCUT2D eigenvalue weighted by atomic mass is 35.5. The molecule has 218 valence electrons. The molecule has 1 aromatic heterocycles. The number of aryl methyl sites for hydroxylation is 2. The number of piperazine rings is 1. The number of aromatic nitrogens is 2. The van der Waals surface area contributed by atoms with Gasteiger partial charge >= 0.3 is 0 Å². The smallest absolute Gasteiger partial charge is 0.262 e. The van der Waals surface area contributed by atoms with Gasteiger partial charge in [-0.1, -0.05) is 41.4 Å². The number of anilines is 4. The van der Waals surface area contributed by atoms with Crippen LogP contribution in [0.4, 0.5) is 23.0 Å². The van der Waals surface area contributed by atoms with Gasteiger partial charge in [-0.2, -0.15) is 4.98 Å².